The maximum atomic E-state index is 2.39. The molecule has 0 radical (unpaired) electrons. The van der Waals surface area contributed by atoms with E-state index in [-0.39, 0.29) is 0 Å². The minimum atomic E-state index is 0.695. The lowest BCUT2D eigenvalue weighted by molar-refractivity contribution is 0.609. The maximum Gasteiger partial charge on any atom is 0.149 e. The van der Waals surface area contributed by atoms with E-state index >= 15 is 0 Å². The summed E-state index contributed by atoms with van der Waals surface area (Å²) in [5.74, 6) is 0. The van der Waals surface area contributed by atoms with E-state index in [0.29, 0.717) is 4.48 Å². The molecule has 0 aromatic heterocycles. The molecule has 1 heteroatoms. The van der Waals surface area contributed by atoms with Crippen molar-refractivity contribution in [1.29, 1.82) is 0 Å². The summed E-state index contributed by atoms with van der Waals surface area (Å²) in [6.07, 6.45) is 0. The summed E-state index contributed by atoms with van der Waals surface area (Å²) in [5.41, 5.74) is 18.2. The van der Waals surface area contributed by atoms with Gasteiger partial charge in [0.25, 0.3) is 0 Å². The van der Waals surface area contributed by atoms with E-state index in [1.54, 1.807) is 0 Å². The van der Waals surface area contributed by atoms with E-state index in [4.69, 9.17) is 0 Å². The van der Waals surface area contributed by atoms with Crippen molar-refractivity contribution >= 4 is 17.1 Å². The summed E-state index contributed by atoms with van der Waals surface area (Å²) in [6, 6.07) is 11.0. The molecular weight excluding hydrogens is 362 g/mol. The average Bonchev–Trinajstić information content (AvgIpc) is 2.74. The smallest absolute Gasteiger partial charge is 0.149 e. The molecule has 0 aliphatic carbocycles. The summed E-state index contributed by atoms with van der Waals surface area (Å²) >= 11 is 0. The number of benzene rings is 3. The van der Waals surface area contributed by atoms with Gasteiger partial charge >= 0.3 is 0 Å². The summed E-state index contributed by atoms with van der Waals surface area (Å²) in [7, 11) is 2.39. The van der Waals surface area contributed by atoms with Crippen LogP contribution >= 0.6 is 0 Å². The van der Waals surface area contributed by atoms with Crippen molar-refractivity contribution in [1.82, 2.24) is 4.48 Å². The molecule has 0 aliphatic heterocycles. The van der Waals surface area contributed by atoms with Gasteiger partial charge in [-0.25, -0.2) is 4.48 Å². The fraction of sp³-hybridized carbons (Fsp3) is 0.379. The molecule has 0 atom stereocenters. The molecular formula is C29H38N+. The van der Waals surface area contributed by atoms with Crippen LogP contribution in [-0.2, 0) is 0 Å². The summed E-state index contributed by atoms with van der Waals surface area (Å²) < 4.78 is 0.695. The number of hydrogen-bond acceptors (Lipinski definition) is 0. The van der Waals surface area contributed by atoms with Gasteiger partial charge in [-0.2, -0.15) is 0 Å². The molecule has 158 valence electrons. The normalized spacial score (nSPS) is 11.8. The topological polar surface area (TPSA) is 0 Å². The molecule has 3 rings (SSSR count). The van der Waals surface area contributed by atoms with Crippen molar-refractivity contribution in [3.8, 4) is 0 Å². The van der Waals surface area contributed by atoms with Crippen LogP contribution < -0.4 is 4.48 Å². The van der Waals surface area contributed by atoms with E-state index in [2.05, 4.69) is 107 Å². The van der Waals surface area contributed by atoms with Crippen LogP contribution in [0.2, 0.25) is 0 Å². The van der Waals surface area contributed by atoms with Crippen LogP contribution in [0.25, 0.3) is 0 Å². The van der Waals surface area contributed by atoms with Gasteiger partial charge in [0, 0.05) is 22.3 Å². The van der Waals surface area contributed by atoms with Crippen molar-refractivity contribution in [2.24, 2.45) is 0 Å². The molecule has 3 aromatic carbocycles. The molecule has 0 N–H and O–H groups in total. The van der Waals surface area contributed by atoms with Crippen LogP contribution in [0.1, 0.15) is 55.6 Å². The fourth-order valence-electron chi connectivity index (χ4n) is 5.40. The highest BCUT2D eigenvalue weighted by Crippen LogP contribution is 2.51. The minimum Gasteiger partial charge on any atom is -0.228 e. The number of para-hydroxylation sites is 1. The average molecular weight is 401 g/mol. The Bertz CT molecular complexity index is 1010. The highest BCUT2D eigenvalue weighted by atomic mass is 15.4. The second-order valence-corrected chi connectivity index (χ2v) is 9.29. The first-order chi connectivity index (χ1) is 14.0. The zero-order chi connectivity index (χ0) is 22.5. The Hall–Kier alpha value is -2.38. The lowest BCUT2D eigenvalue weighted by Crippen LogP contribution is -2.37. The highest BCUT2D eigenvalue weighted by molar-refractivity contribution is 5.81. The molecule has 0 saturated carbocycles. The monoisotopic (exact) mass is 400 g/mol. The van der Waals surface area contributed by atoms with Crippen molar-refractivity contribution < 1.29 is 0 Å². The van der Waals surface area contributed by atoms with Gasteiger partial charge in [0.1, 0.15) is 17.1 Å². The lowest BCUT2D eigenvalue weighted by atomic mass is 9.87. The third-order valence-electron chi connectivity index (χ3n) is 8.09. The van der Waals surface area contributed by atoms with Crippen LogP contribution in [0.5, 0.6) is 0 Å². The Morgan fingerprint density at radius 1 is 0.400 bits per heavy atom. The van der Waals surface area contributed by atoms with Crippen LogP contribution in [0.15, 0.2) is 30.3 Å². The molecule has 0 spiro atoms. The minimum absolute atomic E-state index is 0.695. The quantitative estimate of drug-likeness (QED) is 0.387. The van der Waals surface area contributed by atoms with Gasteiger partial charge in [0.05, 0.1) is 7.05 Å². The molecule has 0 amide bonds. The fourth-order valence-corrected chi connectivity index (χ4v) is 5.40. The molecule has 0 fully saturated rings. The molecule has 0 saturated heterocycles. The number of hydrogen-bond donors (Lipinski definition) is 0. The zero-order valence-electron chi connectivity index (χ0n) is 20.8. The zero-order valence-corrected chi connectivity index (χ0v) is 20.8. The molecule has 30 heavy (non-hydrogen) atoms. The van der Waals surface area contributed by atoms with Gasteiger partial charge in [-0.1, -0.05) is 18.2 Å². The van der Waals surface area contributed by atoms with Crippen LogP contribution in [0.3, 0.4) is 0 Å². The van der Waals surface area contributed by atoms with E-state index < -0.39 is 0 Å². The third-order valence-corrected chi connectivity index (χ3v) is 8.09. The van der Waals surface area contributed by atoms with Crippen molar-refractivity contribution in [3.63, 3.8) is 0 Å². The van der Waals surface area contributed by atoms with Gasteiger partial charge in [-0.05, 0) is 115 Å². The van der Waals surface area contributed by atoms with Crippen molar-refractivity contribution in [2.45, 2.75) is 69.2 Å². The van der Waals surface area contributed by atoms with E-state index in [0.717, 1.165) is 0 Å². The Balaban J connectivity index is 2.60. The lowest BCUT2D eigenvalue weighted by Gasteiger charge is -2.39. The first-order valence-electron chi connectivity index (χ1n) is 11.0. The van der Waals surface area contributed by atoms with Gasteiger partial charge in [0.2, 0.25) is 0 Å². The summed E-state index contributed by atoms with van der Waals surface area (Å²) in [5, 5.41) is 0. The predicted octanol–water partition coefficient (Wildman–Crippen LogP) is 8.37. The molecule has 1 nitrogen and oxygen atoms in total. The molecule has 0 unspecified atom stereocenters. The van der Waals surface area contributed by atoms with E-state index in [1.165, 1.54) is 72.7 Å². The third kappa shape index (κ3) is 3.03. The standard InChI is InChI=1S/C29H38N/c1-17-19(3)23(7)28(24(8)20(17)4)30(11,27-15-13-12-14-16-27)29-25(9)21(5)18(2)22(6)26(29)10/h12-16H,1-11H3/q+1. The molecule has 0 aliphatic rings. The van der Waals surface area contributed by atoms with E-state index in [1.807, 2.05) is 0 Å². The predicted molar refractivity (Wildman–Crippen MR) is 134 cm³/mol. The van der Waals surface area contributed by atoms with Gasteiger partial charge < -0.3 is 0 Å². The second kappa shape index (κ2) is 7.71. The summed E-state index contributed by atoms with van der Waals surface area (Å²) in [6.45, 7) is 22.9. The molecule has 3 aromatic rings. The highest BCUT2D eigenvalue weighted by Gasteiger charge is 2.39. The molecule has 0 heterocycles. The Kier molecular flexibility index (Phi) is 5.73. The summed E-state index contributed by atoms with van der Waals surface area (Å²) in [4.78, 5) is 0. The number of nitrogens with zero attached hydrogens (tertiary/aromatic N) is 1. The van der Waals surface area contributed by atoms with E-state index in [9.17, 15) is 0 Å². The Morgan fingerprint density at radius 3 is 0.967 bits per heavy atom. The van der Waals surface area contributed by atoms with Crippen LogP contribution in [0.4, 0.5) is 17.1 Å². The molecule has 0 bridgehead atoms. The van der Waals surface area contributed by atoms with Gasteiger partial charge in [-0.3, -0.25) is 0 Å². The van der Waals surface area contributed by atoms with Crippen LogP contribution in [-0.4, -0.2) is 7.05 Å². The Labute approximate surface area is 184 Å². The Morgan fingerprint density at radius 2 is 0.667 bits per heavy atom. The first-order valence-corrected chi connectivity index (χ1v) is 11.0. The second-order valence-electron chi connectivity index (χ2n) is 9.29. The van der Waals surface area contributed by atoms with Gasteiger partial charge in [-0.15, -0.1) is 0 Å². The van der Waals surface area contributed by atoms with Crippen molar-refractivity contribution in [3.05, 3.63) is 86.0 Å². The number of quaternary nitrogens is 1. The first kappa shape index (κ1) is 22.3. The van der Waals surface area contributed by atoms with Gasteiger partial charge in [0.15, 0.2) is 0 Å². The maximum absolute atomic E-state index is 2.39. The largest absolute Gasteiger partial charge is 0.228 e. The number of rotatable bonds is 3. The van der Waals surface area contributed by atoms with Crippen molar-refractivity contribution in [2.75, 3.05) is 7.05 Å². The van der Waals surface area contributed by atoms with Crippen LogP contribution in [0, 0.1) is 69.2 Å². The SMILES string of the molecule is Cc1c(C)c(C)c([N+](C)(c2ccccc2)c2c(C)c(C)c(C)c(C)c2C)c(C)c1C.